The van der Waals surface area contributed by atoms with Gasteiger partial charge in [0, 0.05) is 13.5 Å². The van der Waals surface area contributed by atoms with E-state index in [0.717, 1.165) is 0 Å². The largest absolute Gasteiger partial charge is 0.394 e. The van der Waals surface area contributed by atoms with Crippen LogP contribution in [0, 0.1) is 0 Å². The fraction of sp³-hybridized carbons (Fsp3) is 1.00. The highest BCUT2D eigenvalue weighted by Crippen LogP contribution is 2.16. The summed E-state index contributed by atoms with van der Waals surface area (Å²) in [4.78, 5) is 0. The van der Waals surface area contributed by atoms with Crippen LogP contribution in [0.1, 0.15) is 6.42 Å². The summed E-state index contributed by atoms with van der Waals surface area (Å²) in [5, 5.41) is 18.0. The van der Waals surface area contributed by atoms with E-state index in [0.29, 0.717) is 6.42 Å². The highest BCUT2D eigenvalue weighted by atomic mass is 16.5. The molecule has 0 aromatic heterocycles. The maximum atomic E-state index is 9.25. The Kier molecular flexibility index (Phi) is 3.26. The molecule has 1 aliphatic rings. The number of hydrogen-bond donors (Lipinski definition) is 2. The maximum Gasteiger partial charge on any atom is 0.104 e. The van der Waals surface area contributed by atoms with E-state index in [1.54, 1.807) is 7.11 Å². The van der Waals surface area contributed by atoms with E-state index in [1.165, 1.54) is 0 Å². The van der Waals surface area contributed by atoms with E-state index >= 15 is 0 Å². The maximum absolute atomic E-state index is 9.25. The van der Waals surface area contributed by atoms with Crippen molar-refractivity contribution < 1.29 is 19.7 Å². The summed E-state index contributed by atoms with van der Waals surface area (Å²) in [6.07, 6.45) is -0.360. The average molecular weight is 162 g/mol. The van der Waals surface area contributed by atoms with Gasteiger partial charge in [-0.2, -0.15) is 0 Å². The predicted molar refractivity (Wildman–Crippen MR) is 38.2 cm³/mol. The van der Waals surface area contributed by atoms with Crippen LogP contribution in [0.3, 0.4) is 0 Å². The van der Waals surface area contributed by atoms with Gasteiger partial charge in [0.25, 0.3) is 0 Å². The second kappa shape index (κ2) is 4.01. The van der Waals surface area contributed by atoms with Gasteiger partial charge < -0.3 is 19.7 Å². The number of ether oxygens (including phenoxy) is 2. The molecule has 3 unspecified atom stereocenters. The minimum Gasteiger partial charge on any atom is -0.394 e. The molecule has 1 aliphatic heterocycles. The summed E-state index contributed by atoms with van der Waals surface area (Å²) in [5.74, 6) is 0. The van der Waals surface area contributed by atoms with Gasteiger partial charge in [-0.25, -0.2) is 0 Å². The van der Waals surface area contributed by atoms with Gasteiger partial charge in [0.2, 0.25) is 0 Å². The Morgan fingerprint density at radius 3 is 2.91 bits per heavy atom. The van der Waals surface area contributed by atoms with Crippen LogP contribution < -0.4 is 0 Å². The van der Waals surface area contributed by atoms with Crippen LogP contribution in [0.4, 0.5) is 0 Å². The molecule has 1 saturated heterocycles. The molecular formula is C7H14O4. The highest BCUT2D eigenvalue weighted by Gasteiger charge is 2.29. The van der Waals surface area contributed by atoms with E-state index in [-0.39, 0.29) is 25.4 Å². The van der Waals surface area contributed by atoms with Gasteiger partial charge in [0.1, 0.15) is 6.10 Å². The third kappa shape index (κ3) is 2.13. The average Bonchev–Trinajstić information content (AvgIpc) is 2.05. The predicted octanol–water partition coefficient (Wildman–Crippen LogP) is -0.857. The number of aliphatic hydroxyl groups is 2. The first-order valence-corrected chi connectivity index (χ1v) is 3.71. The van der Waals surface area contributed by atoms with Crippen molar-refractivity contribution >= 4 is 0 Å². The zero-order valence-corrected chi connectivity index (χ0v) is 6.56. The molecule has 3 atom stereocenters. The molecule has 1 fully saturated rings. The molecule has 0 aliphatic carbocycles. The lowest BCUT2D eigenvalue weighted by Crippen LogP contribution is -2.43. The van der Waals surface area contributed by atoms with Crippen LogP contribution in [0.5, 0.6) is 0 Å². The van der Waals surface area contributed by atoms with Crippen LogP contribution >= 0.6 is 0 Å². The van der Waals surface area contributed by atoms with Crippen molar-refractivity contribution in [3.63, 3.8) is 0 Å². The van der Waals surface area contributed by atoms with Crippen molar-refractivity contribution in [1.82, 2.24) is 0 Å². The lowest BCUT2D eigenvalue weighted by atomic mass is 10.0. The molecule has 0 bridgehead atoms. The smallest absolute Gasteiger partial charge is 0.104 e. The molecule has 66 valence electrons. The number of aliphatic hydroxyl groups excluding tert-OH is 2. The summed E-state index contributed by atoms with van der Waals surface area (Å²) >= 11 is 0. The molecule has 2 N–H and O–H groups in total. The Balaban J connectivity index is 2.37. The van der Waals surface area contributed by atoms with Crippen LogP contribution in [0.2, 0.25) is 0 Å². The SMILES string of the molecule is COC1CC(CO)OCC1O. The molecule has 0 saturated carbocycles. The molecule has 0 aromatic carbocycles. The Hall–Kier alpha value is -0.160. The lowest BCUT2D eigenvalue weighted by Gasteiger charge is -2.31. The zero-order valence-electron chi connectivity index (χ0n) is 6.56. The van der Waals surface area contributed by atoms with E-state index in [2.05, 4.69) is 0 Å². The van der Waals surface area contributed by atoms with Crippen molar-refractivity contribution in [2.75, 3.05) is 20.3 Å². The molecule has 0 radical (unpaired) electrons. The zero-order chi connectivity index (χ0) is 8.27. The topological polar surface area (TPSA) is 58.9 Å². The minimum absolute atomic E-state index is 0.00736. The molecule has 11 heavy (non-hydrogen) atoms. The van der Waals surface area contributed by atoms with Crippen molar-refractivity contribution in [3.8, 4) is 0 Å². The van der Waals surface area contributed by atoms with Crippen molar-refractivity contribution in [2.45, 2.75) is 24.7 Å². The van der Waals surface area contributed by atoms with Crippen molar-refractivity contribution in [1.29, 1.82) is 0 Å². The van der Waals surface area contributed by atoms with Gasteiger partial charge in [-0.1, -0.05) is 0 Å². The van der Waals surface area contributed by atoms with Crippen molar-refractivity contribution in [3.05, 3.63) is 0 Å². The highest BCUT2D eigenvalue weighted by molar-refractivity contribution is 4.78. The van der Waals surface area contributed by atoms with Crippen LogP contribution in [0.15, 0.2) is 0 Å². The third-order valence-corrected chi connectivity index (χ3v) is 1.93. The molecule has 0 spiro atoms. The first kappa shape index (κ1) is 8.93. The first-order valence-electron chi connectivity index (χ1n) is 3.71. The molecule has 1 rings (SSSR count). The van der Waals surface area contributed by atoms with Crippen molar-refractivity contribution in [2.24, 2.45) is 0 Å². The molecule has 0 aromatic rings. The fourth-order valence-electron chi connectivity index (χ4n) is 1.21. The van der Waals surface area contributed by atoms with Crippen LogP contribution in [-0.4, -0.2) is 48.8 Å². The molecule has 4 heteroatoms. The summed E-state index contributed by atoms with van der Waals surface area (Å²) in [5.41, 5.74) is 0. The molecular weight excluding hydrogens is 148 g/mol. The quantitative estimate of drug-likeness (QED) is 0.555. The van der Waals surface area contributed by atoms with Gasteiger partial charge in [0.05, 0.1) is 25.4 Å². The normalized spacial score (nSPS) is 39.0. The number of hydrogen-bond acceptors (Lipinski definition) is 4. The second-order valence-electron chi connectivity index (χ2n) is 2.72. The van der Waals surface area contributed by atoms with E-state index in [1.807, 2.05) is 0 Å². The standard InChI is InChI=1S/C7H14O4/c1-10-7-2-5(3-8)11-4-6(7)9/h5-9H,2-4H2,1H3. The summed E-state index contributed by atoms with van der Waals surface area (Å²) in [6, 6.07) is 0. The van der Waals surface area contributed by atoms with Gasteiger partial charge >= 0.3 is 0 Å². The fourth-order valence-corrected chi connectivity index (χ4v) is 1.21. The summed E-state index contributed by atoms with van der Waals surface area (Å²) < 4.78 is 10.1. The van der Waals surface area contributed by atoms with Gasteiger partial charge in [-0.3, -0.25) is 0 Å². The monoisotopic (exact) mass is 162 g/mol. The minimum atomic E-state index is -0.553. The van der Waals surface area contributed by atoms with Crippen LogP contribution in [0.25, 0.3) is 0 Å². The first-order chi connectivity index (χ1) is 5.27. The molecule has 0 amide bonds. The Bertz CT molecular complexity index is 117. The molecule has 4 nitrogen and oxygen atoms in total. The van der Waals surface area contributed by atoms with Crippen LogP contribution in [-0.2, 0) is 9.47 Å². The Morgan fingerprint density at radius 2 is 2.36 bits per heavy atom. The Morgan fingerprint density at radius 1 is 1.64 bits per heavy atom. The van der Waals surface area contributed by atoms with E-state index in [9.17, 15) is 5.11 Å². The van der Waals surface area contributed by atoms with E-state index in [4.69, 9.17) is 14.6 Å². The van der Waals surface area contributed by atoms with Gasteiger partial charge in [-0.15, -0.1) is 0 Å². The van der Waals surface area contributed by atoms with Gasteiger partial charge in [-0.05, 0) is 0 Å². The molecule has 1 heterocycles. The number of rotatable bonds is 2. The summed E-state index contributed by atoms with van der Waals surface area (Å²) in [6.45, 7) is 0.246. The summed E-state index contributed by atoms with van der Waals surface area (Å²) in [7, 11) is 1.55. The van der Waals surface area contributed by atoms with E-state index < -0.39 is 6.10 Å². The second-order valence-corrected chi connectivity index (χ2v) is 2.72. The Labute approximate surface area is 65.7 Å². The lowest BCUT2D eigenvalue weighted by molar-refractivity contribution is -0.141. The third-order valence-electron chi connectivity index (χ3n) is 1.93. The number of methoxy groups -OCH3 is 1. The van der Waals surface area contributed by atoms with Gasteiger partial charge in [0.15, 0.2) is 0 Å².